The van der Waals surface area contributed by atoms with Crippen molar-refractivity contribution in [2.75, 3.05) is 122 Å². The first kappa shape index (κ1) is 47.2. The number of carboxylic acids is 1. The number of carbonyl (C=O) groups is 2. The Labute approximate surface area is 408 Å². The van der Waals surface area contributed by atoms with E-state index in [1.54, 1.807) is 12.4 Å². The van der Waals surface area contributed by atoms with Crippen molar-refractivity contribution in [2.24, 2.45) is 0 Å². The minimum absolute atomic E-state index is 0.00176. The summed E-state index contributed by atoms with van der Waals surface area (Å²) < 4.78 is 0. The van der Waals surface area contributed by atoms with E-state index in [1.807, 2.05) is 46.2 Å². The van der Waals surface area contributed by atoms with Crippen LogP contribution in [0.2, 0.25) is 0 Å². The molecule has 0 radical (unpaired) electrons. The first-order chi connectivity index (χ1) is 34.7. The lowest BCUT2D eigenvalue weighted by atomic mass is 10.2. The highest BCUT2D eigenvalue weighted by atomic mass is 16.7. The second-order valence-electron chi connectivity index (χ2n) is 18.6. The predicted molar refractivity (Wildman–Crippen MR) is 268 cm³/mol. The molecule has 9 heterocycles. The smallest absolute Gasteiger partial charge is 0.397 e. The molecule has 23 nitrogen and oxygen atoms in total. The number of aliphatic carboxylic acids is 1. The molecule has 23 heteroatoms. The van der Waals surface area contributed by atoms with Crippen molar-refractivity contribution in [2.45, 2.75) is 57.8 Å². The van der Waals surface area contributed by atoms with E-state index >= 15 is 0 Å². The van der Waals surface area contributed by atoms with Crippen LogP contribution in [0.4, 0.5) is 46.4 Å². The SMILES string of the molecule is O=C(O)CN1CCCN(c2ccc(Nc3nc(N4CCCCCC4)nc4c[n+](OC(=O)CN5CCN(c6ccc(Nc7nc(N8CCCCCC8)nc8cn[nH]c(=O)c78)cn6)CC5)[nH]c(=O)c34)cc2)CC1. The Morgan fingerprint density at radius 2 is 1.17 bits per heavy atom. The first-order valence-electron chi connectivity index (χ1n) is 24.8. The van der Waals surface area contributed by atoms with Crippen molar-refractivity contribution in [3.63, 3.8) is 0 Å². The van der Waals surface area contributed by atoms with E-state index in [4.69, 9.17) is 29.8 Å². The number of benzene rings is 1. The van der Waals surface area contributed by atoms with Crippen molar-refractivity contribution < 1.29 is 24.4 Å². The van der Waals surface area contributed by atoms with Crippen molar-refractivity contribution in [3.8, 4) is 0 Å². The number of H-pyrrole nitrogens is 2. The Hall–Kier alpha value is -7.53. The van der Waals surface area contributed by atoms with E-state index in [-0.39, 0.29) is 24.0 Å². The summed E-state index contributed by atoms with van der Waals surface area (Å²) >= 11 is 0. The summed E-state index contributed by atoms with van der Waals surface area (Å²) in [6, 6.07) is 11.7. The maximum absolute atomic E-state index is 13.8. The van der Waals surface area contributed by atoms with Gasteiger partial charge in [0.15, 0.2) is 5.52 Å². The van der Waals surface area contributed by atoms with Gasteiger partial charge in [-0.3, -0.25) is 24.2 Å². The summed E-state index contributed by atoms with van der Waals surface area (Å²) in [6.45, 7) is 8.63. The Morgan fingerprint density at radius 3 is 1.80 bits per heavy atom. The number of hydrogen-bond donors (Lipinski definition) is 5. The molecular formula is C48H60N17O6+. The van der Waals surface area contributed by atoms with Crippen molar-refractivity contribution in [1.82, 2.24) is 50.0 Å². The number of hydrogen-bond acceptors (Lipinski definition) is 19. The van der Waals surface area contributed by atoms with Crippen LogP contribution in [0.5, 0.6) is 0 Å². The minimum atomic E-state index is -0.819. The molecule has 0 atom stereocenters. The van der Waals surface area contributed by atoms with E-state index in [0.717, 1.165) is 106 Å². The molecule has 0 unspecified atom stereocenters. The molecule has 4 saturated heterocycles. The summed E-state index contributed by atoms with van der Waals surface area (Å²) in [7, 11) is 0. The van der Waals surface area contributed by atoms with Crippen LogP contribution < -0.4 is 51.0 Å². The second-order valence-corrected chi connectivity index (χ2v) is 18.6. The van der Waals surface area contributed by atoms with Gasteiger partial charge in [0.1, 0.15) is 45.1 Å². The van der Waals surface area contributed by atoms with Crippen molar-refractivity contribution in [3.05, 3.63) is 75.7 Å². The van der Waals surface area contributed by atoms with Crippen LogP contribution >= 0.6 is 0 Å². The van der Waals surface area contributed by atoms with Gasteiger partial charge in [0.05, 0.1) is 24.6 Å². The number of aromatic nitrogens is 9. The quantitative estimate of drug-likeness (QED) is 0.104. The lowest BCUT2D eigenvalue weighted by Gasteiger charge is -2.34. The highest BCUT2D eigenvalue weighted by Gasteiger charge is 2.27. The normalized spacial score (nSPS) is 17.7. The third-order valence-corrected chi connectivity index (χ3v) is 13.6. The molecule has 4 fully saturated rings. The summed E-state index contributed by atoms with van der Waals surface area (Å²) in [5.41, 5.74) is 2.30. The predicted octanol–water partition coefficient (Wildman–Crippen LogP) is 2.65. The van der Waals surface area contributed by atoms with E-state index in [0.29, 0.717) is 84.9 Å². The highest BCUT2D eigenvalue weighted by Crippen LogP contribution is 2.29. The van der Waals surface area contributed by atoms with Gasteiger partial charge in [-0.25, -0.2) is 24.8 Å². The monoisotopic (exact) mass is 970 g/mol. The maximum Gasteiger partial charge on any atom is 0.397 e. The van der Waals surface area contributed by atoms with Crippen LogP contribution in [0.15, 0.2) is 64.6 Å². The van der Waals surface area contributed by atoms with E-state index < -0.39 is 17.5 Å². The third kappa shape index (κ3) is 11.4. The minimum Gasteiger partial charge on any atom is -0.480 e. The molecule has 4 aliphatic heterocycles. The topological polar surface area (TPSA) is 254 Å². The standard InChI is InChI=1S/C48H59N17O6/c66-39(67)31-59-16-9-21-61(25-22-59)35-13-10-33(11-14-35)51-44-42-37(54-48(56-44)64-19-7-3-4-8-20-64)30-65(58-46(42)70)71-40(68)32-60-23-26-62(27-24-60)38-15-12-34(28-49-38)52-43-41-36(29-50-57-45(41)69)53-47(55-43)63-17-5-1-2-6-18-63/h10-15,28-30H,1-9,16-27,31-32H2,(H4-,51,52,53,54,55,56,57,58,66,67,69,70)/p+1. The van der Waals surface area contributed by atoms with Crippen molar-refractivity contribution in [1.29, 1.82) is 0 Å². The average molecular weight is 971 g/mol. The molecule has 5 N–H and O–H groups in total. The molecule has 10 rings (SSSR count). The second kappa shape index (κ2) is 21.6. The molecule has 0 saturated carbocycles. The summed E-state index contributed by atoms with van der Waals surface area (Å²) in [5.74, 6) is 1.20. The number of piperazine rings is 1. The summed E-state index contributed by atoms with van der Waals surface area (Å²) in [6.07, 6.45) is 14.3. The van der Waals surface area contributed by atoms with Crippen LogP contribution in [0.25, 0.3) is 21.8 Å². The number of carbonyl (C=O) groups excluding carboxylic acids is 1. The number of nitrogens with zero attached hydrogens (tertiary/aromatic N) is 13. The van der Waals surface area contributed by atoms with Gasteiger partial charge in [-0.2, -0.15) is 19.9 Å². The number of rotatable bonds is 13. The fourth-order valence-corrected chi connectivity index (χ4v) is 9.84. The number of anilines is 8. The molecular weight excluding hydrogens is 911 g/mol. The molecule has 1 aromatic carbocycles. The van der Waals surface area contributed by atoms with Gasteiger partial charge in [0.2, 0.25) is 11.9 Å². The maximum atomic E-state index is 13.8. The van der Waals surface area contributed by atoms with Gasteiger partial charge >= 0.3 is 17.5 Å². The van der Waals surface area contributed by atoms with Gasteiger partial charge < -0.3 is 35.3 Å². The molecule has 0 amide bonds. The number of aromatic amines is 2. The van der Waals surface area contributed by atoms with Gasteiger partial charge in [-0.05, 0) is 68.5 Å². The molecule has 71 heavy (non-hydrogen) atoms. The average Bonchev–Trinajstić information content (AvgIpc) is 3.91. The fraction of sp³-hybridized carbons (Fsp3) is 0.479. The largest absolute Gasteiger partial charge is 0.480 e. The van der Waals surface area contributed by atoms with E-state index in [2.05, 4.69) is 45.5 Å². The zero-order valence-electron chi connectivity index (χ0n) is 39.8. The molecule has 0 aliphatic carbocycles. The zero-order valence-corrected chi connectivity index (χ0v) is 39.8. The Kier molecular flexibility index (Phi) is 14.4. The lowest BCUT2D eigenvalue weighted by Crippen LogP contribution is -2.55. The first-order valence-corrected chi connectivity index (χ1v) is 24.8. The number of nitrogens with one attached hydrogen (secondary N) is 4. The van der Waals surface area contributed by atoms with Crippen LogP contribution in [0.3, 0.4) is 0 Å². The summed E-state index contributed by atoms with van der Waals surface area (Å²) in [5, 5.41) is 25.7. The van der Waals surface area contributed by atoms with Crippen molar-refractivity contribution >= 4 is 80.2 Å². The molecule has 5 aromatic heterocycles. The molecule has 0 bridgehead atoms. The molecule has 0 spiro atoms. The molecule has 6 aromatic rings. The Morgan fingerprint density at radius 1 is 0.592 bits per heavy atom. The van der Waals surface area contributed by atoms with E-state index in [1.165, 1.54) is 19.0 Å². The molecule has 372 valence electrons. The Balaban J connectivity index is 0.781. The fourth-order valence-electron chi connectivity index (χ4n) is 9.84. The van der Waals surface area contributed by atoms with E-state index in [9.17, 15) is 24.3 Å². The number of fused-ring (bicyclic) bond motifs is 2. The van der Waals surface area contributed by atoms with Gasteiger partial charge in [-0.1, -0.05) is 30.8 Å². The van der Waals surface area contributed by atoms with Crippen LogP contribution in [-0.4, -0.2) is 159 Å². The zero-order chi connectivity index (χ0) is 48.7. The van der Waals surface area contributed by atoms with Crippen LogP contribution in [0, 0.1) is 0 Å². The van der Waals surface area contributed by atoms with Crippen LogP contribution in [-0.2, 0) is 9.59 Å². The lowest BCUT2D eigenvalue weighted by molar-refractivity contribution is -0.915. The number of carboxylic acid groups (broad SMARTS) is 1. The highest BCUT2D eigenvalue weighted by molar-refractivity contribution is 5.91. The van der Waals surface area contributed by atoms with Gasteiger partial charge in [-0.15, -0.1) is 0 Å². The molecule has 4 aliphatic rings. The Bertz CT molecular complexity index is 2950. The third-order valence-electron chi connectivity index (χ3n) is 13.6. The van der Waals surface area contributed by atoms with Crippen LogP contribution in [0.1, 0.15) is 57.8 Å². The van der Waals surface area contributed by atoms with Gasteiger partial charge in [0, 0.05) is 89.9 Å². The number of pyridine rings is 1. The summed E-state index contributed by atoms with van der Waals surface area (Å²) in [4.78, 5) is 94.8. The van der Waals surface area contributed by atoms with Gasteiger partial charge in [0.25, 0.3) is 11.8 Å².